The second kappa shape index (κ2) is 14.7. The summed E-state index contributed by atoms with van der Waals surface area (Å²) in [4.78, 5) is 19.6. The van der Waals surface area contributed by atoms with Crippen LogP contribution >= 0.6 is 0 Å². The van der Waals surface area contributed by atoms with E-state index in [1.165, 1.54) is 32.1 Å². The number of carboxylic acids is 1. The average Bonchev–Trinajstić information content (AvgIpc) is 2.28. The van der Waals surface area contributed by atoms with Gasteiger partial charge in [0.25, 0.3) is 0 Å². The summed E-state index contributed by atoms with van der Waals surface area (Å²) in [7, 11) is 0. The monoisotopic (exact) mass is 243 g/mol. The quantitative estimate of drug-likeness (QED) is 0.482. The number of hydrogen-bond donors (Lipinski definition) is 2. The van der Waals surface area contributed by atoms with Gasteiger partial charge in [-0.15, -0.1) is 0 Å². The molecule has 0 aromatic carbocycles. The zero-order chi connectivity index (χ0) is 13.5. The molecule has 0 fully saturated rings. The van der Waals surface area contributed by atoms with Crippen LogP contribution < -0.4 is 5.73 Å². The van der Waals surface area contributed by atoms with E-state index in [1.807, 2.05) is 0 Å². The van der Waals surface area contributed by atoms with Crippen molar-refractivity contribution in [1.29, 1.82) is 0 Å². The molecule has 1 amide bonds. The van der Waals surface area contributed by atoms with E-state index in [0.717, 1.165) is 18.9 Å². The van der Waals surface area contributed by atoms with E-state index in [9.17, 15) is 9.59 Å². The third-order valence-electron chi connectivity index (χ3n) is 2.20. The topological polar surface area (TPSA) is 80.4 Å². The molecular weight excluding hydrogens is 218 g/mol. The van der Waals surface area contributed by atoms with E-state index in [0.29, 0.717) is 6.42 Å². The Balaban J connectivity index is 0. The van der Waals surface area contributed by atoms with E-state index in [2.05, 4.69) is 19.2 Å². The first kappa shape index (κ1) is 18.1. The highest BCUT2D eigenvalue weighted by Gasteiger charge is 1.95. The molecule has 4 heteroatoms. The fourth-order valence-corrected chi connectivity index (χ4v) is 1.23. The van der Waals surface area contributed by atoms with Crippen LogP contribution in [-0.4, -0.2) is 17.0 Å². The summed E-state index contributed by atoms with van der Waals surface area (Å²) in [5.74, 6) is -1.14. The van der Waals surface area contributed by atoms with Gasteiger partial charge in [0.15, 0.2) is 0 Å². The Hall–Kier alpha value is -1.32. The molecule has 0 aliphatic rings. The molecule has 0 atom stereocenters. The van der Waals surface area contributed by atoms with E-state index in [4.69, 9.17) is 5.11 Å². The Bertz CT molecular complexity index is 215. The van der Waals surface area contributed by atoms with Crippen molar-refractivity contribution in [2.24, 2.45) is 5.73 Å². The van der Waals surface area contributed by atoms with Crippen LogP contribution in [0.4, 0.5) is 0 Å². The number of carboxylic acid groups (broad SMARTS) is 1. The Morgan fingerprint density at radius 3 is 1.88 bits per heavy atom. The highest BCUT2D eigenvalue weighted by molar-refractivity contribution is 5.84. The molecule has 0 saturated carbocycles. The lowest BCUT2D eigenvalue weighted by molar-refractivity contribution is -0.137. The molecule has 0 aromatic heterocycles. The van der Waals surface area contributed by atoms with Crippen molar-refractivity contribution in [3.8, 4) is 0 Å². The number of carbonyl (C=O) groups is 2. The zero-order valence-corrected chi connectivity index (χ0v) is 10.8. The Morgan fingerprint density at radius 2 is 1.53 bits per heavy atom. The van der Waals surface area contributed by atoms with E-state index in [1.54, 1.807) is 0 Å². The van der Waals surface area contributed by atoms with Crippen molar-refractivity contribution in [3.05, 3.63) is 12.7 Å². The summed E-state index contributed by atoms with van der Waals surface area (Å²) in [6.07, 6.45) is 9.70. The summed E-state index contributed by atoms with van der Waals surface area (Å²) in [5.41, 5.74) is 4.53. The molecule has 0 bridgehead atoms. The van der Waals surface area contributed by atoms with E-state index >= 15 is 0 Å². The molecule has 0 saturated heterocycles. The summed E-state index contributed by atoms with van der Waals surface area (Å²) in [5, 5.41) is 8.35. The van der Waals surface area contributed by atoms with E-state index in [-0.39, 0.29) is 0 Å². The van der Waals surface area contributed by atoms with Gasteiger partial charge in [-0.3, -0.25) is 9.59 Å². The van der Waals surface area contributed by atoms with Gasteiger partial charge in [0.05, 0.1) is 0 Å². The fraction of sp³-hybridized carbons (Fsp3) is 0.692. The molecule has 4 nitrogen and oxygen atoms in total. The fourth-order valence-electron chi connectivity index (χ4n) is 1.23. The normalized spacial score (nSPS) is 9.00. The minimum Gasteiger partial charge on any atom is -0.481 e. The van der Waals surface area contributed by atoms with Crippen LogP contribution in [0.5, 0.6) is 0 Å². The van der Waals surface area contributed by atoms with Crippen molar-refractivity contribution in [2.45, 2.75) is 58.3 Å². The van der Waals surface area contributed by atoms with Gasteiger partial charge in [-0.25, -0.2) is 0 Å². The second-order valence-electron chi connectivity index (χ2n) is 3.87. The average molecular weight is 243 g/mol. The van der Waals surface area contributed by atoms with Crippen LogP contribution in [0, 0.1) is 0 Å². The molecule has 0 unspecified atom stereocenters. The van der Waals surface area contributed by atoms with Crippen LogP contribution in [0.1, 0.15) is 58.3 Å². The van der Waals surface area contributed by atoms with Gasteiger partial charge in [0, 0.05) is 6.42 Å². The van der Waals surface area contributed by atoms with Crippen molar-refractivity contribution < 1.29 is 14.7 Å². The largest absolute Gasteiger partial charge is 0.481 e. The molecule has 0 spiro atoms. The Morgan fingerprint density at radius 1 is 1.12 bits per heavy atom. The third-order valence-corrected chi connectivity index (χ3v) is 2.20. The molecule has 0 heterocycles. The zero-order valence-electron chi connectivity index (χ0n) is 10.8. The first-order valence-electron chi connectivity index (χ1n) is 6.18. The number of unbranched alkanes of at least 4 members (excludes halogenated alkanes) is 6. The summed E-state index contributed by atoms with van der Waals surface area (Å²) < 4.78 is 0. The van der Waals surface area contributed by atoms with Crippen LogP contribution in [0.3, 0.4) is 0 Å². The van der Waals surface area contributed by atoms with Crippen molar-refractivity contribution >= 4 is 11.9 Å². The second-order valence-corrected chi connectivity index (χ2v) is 3.87. The minimum absolute atomic E-state index is 0.341. The number of rotatable bonds is 9. The molecule has 0 aliphatic heterocycles. The van der Waals surface area contributed by atoms with Gasteiger partial charge in [-0.2, -0.15) is 0 Å². The van der Waals surface area contributed by atoms with Crippen LogP contribution in [0.2, 0.25) is 0 Å². The van der Waals surface area contributed by atoms with E-state index < -0.39 is 11.9 Å². The number of aliphatic carboxylic acids is 1. The lowest BCUT2D eigenvalue weighted by Gasteiger charge is -1.98. The molecule has 17 heavy (non-hydrogen) atoms. The standard InChI is InChI=1S/C10H20O2.C3H5NO/c1-2-3-4-5-6-7-8-9-10(11)12;1-2-3(4)5/h2-9H2,1H3,(H,11,12);2H,1H2,(H2,4,5). The van der Waals surface area contributed by atoms with Crippen molar-refractivity contribution in [2.75, 3.05) is 0 Å². The van der Waals surface area contributed by atoms with Crippen LogP contribution in [0.15, 0.2) is 12.7 Å². The first-order valence-corrected chi connectivity index (χ1v) is 6.18. The molecular formula is C13H25NO3. The molecule has 0 aliphatic carbocycles. The highest BCUT2D eigenvalue weighted by Crippen LogP contribution is 2.07. The number of hydrogen-bond acceptors (Lipinski definition) is 2. The lowest BCUT2D eigenvalue weighted by atomic mass is 10.1. The van der Waals surface area contributed by atoms with Gasteiger partial charge in [0.1, 0.15) is 0 Å². The number of primary amides is 1. The summed E-state index contributed by atoms with van der Waals surface area (Å²) in [6, 6.07) is 0. The summed E-state index contributed by atoms with van der Waals surface area (Å²) >= 11 is 0. The molecule has 100 valence electrons. The molecule has 3 N–H and O–H groups in total. The maximum absolute atomic E-state index is 10.1. The van der Waals surface area contributed by atoms with Gasteiger partial charge in [-0.05, 0) is 12.5 Å². The summed E-state index contributed by atoms with van der Waals surface area (Å²) in [6.45, 7) is 5.28. The smallest absolute Gasteiger partial charge is 0.303 e. The van der Waals surface area contributed by atoms with Crippen LogP contribution in [0.25, 0.3) is 0 Å². The van der Waals surface area contributed by atoms with Gasteiger partial charge in [0.2, 0.25) is 5.91 Å². The third kappa shape index (κ3) is 25.2. The SMILES string of the molecule is C=CC(N)=O.CCCCCCCCCC(=O)O. The lowest BCUT2D eigenvalue weighted by Crippen LogP contribution is -2.04. The van der Waals surface area contributed by atoms with Crippen molar-refractivity contribution in [1.82, 2.24) is 0 Å². The van der Waals surface area contributed by atoms with Gasteiger partial charge in [-0.1, -0.05) is 52.0 Å². The Labute approximate surface area is 104 Å². The van der Waals surface area contributed by atoms with Crippen molar-refractivity contribution in [3.63, 3.8) is 0 Å². The predicted octanol–water partition coefficient (Wildman–Crippen LogP) is 2.87. The van der Waals surface area contributed by atoms with Gasteiger partial charge >= 0.3 is 5.97 Å². The maximum atomic E-state index is 10.1. The molecule has 0 rings (SSSR count). The first-order chi connectivity index (χ1) is 8.04. The van der Waals surface area contributed by atoms with Gasteiger partial charge < -0.3 is 10.8 Å². The number of carbonyl (C=O) groups excluding carboxylic acids is 1. The van der Waals surface area contributed by atoms with Crippen LogP contribution in [-0.2, 0) is 9.59 Å². The molecule has 0 radical (unpaired) electrons. The predicted molar refractivity (Wildman–Crippen MR) is 69.6 cm³/mol. The minimum atomic E-state index is -0.663. The number of amides is 1. The maximum Gasteiger partial charge on any atom is 0.303 e. The molecule has 0 aromatic rings. The Kier molecular flexibility index (Phi) is 15.6. The number of nitrogens with two attached hydrogens (primary N) is 1. The highest BCUT2D eigenvalue weighted by atomic mass is 16.4.